The maximum absolute atomic E-state index is 11.5. The molecule has 3 rings (SSSR count). The second-order valence-corrected chi connectivity index (χ2v) is 5.56. The number of benzene rings is 2. The Bertz CT molecular complexity index is 875. The Labute approximate surface area is 146 Å². The molecule has 0 atom stereocenters. The fraction of sp³-hybridized carbons (Fsp3) is 0.150. The van der Waals surface area contributed by atoms with Gasteiger partial charge in [0.25, 0.3) is 0 Å². The van der Waals surface area contributed by atoms with Crippen LogP contribution in [-0.2, 0) is 6.42 Å². The lowest BCUT2D eigenvalue weighted by Gasteiger charge is -2.03. The molecule has 25 heavy (non-hydrogen) atoms. The summed E-state index contributed by atoms with van der Waals surface area (Å²) >= 11 is 0. The first-order valence-corrected chi connectivity index (χ1v) is 7.97. The first-order chi connectivity index (χ1) is 12.2. The minimum atomic E-state index is -0.359. The van der Waals surface area contributed by atoms with Crippen LogP contribution in [0.2, 0.25) is 0 Å². The second-order valence-electron chi connectivity index (χ2n) is 5.56. The van der Waals surface area contributed by atoms with E-state index in [2.05, 4.69) is 22.2 Å². The number of rotatable bonds is 4. The zero-order chi connectivity index (χ0) is 17.5. The summed E-state index contributed by atoms with van der Waals surface area (Å²) < 4.78 is 0. The number of nitro groups is 1. The van der Waals surface area contributed by atoms with E-state index in [0.717, 1.165) is 16.7 Å². The highest BCUT2D eigenvalue weighted by Crippen LogP contribution is 2.19. The van der Waals surface area contributed by atoms with E-state index in [0.29, 0.717) is 25.3 Å². The number of hydrogen-bond donors (Lipinski definition) is 1. The Morgan fingerprint density at radius 3 is 2.44 bits per heavy atom. The van der Waals surface area contributed by atoms with Crippen LogP contribution in [0.4, 0.5) is 0 Å². The zero-order valence-electron chi connectivity index (χ0n) is 13.6. The van der Waals surface area contributed by atoms with E-state index in [1.54, 1.807) is 0 Å². The molecule has 1 aliphatic rings. The standard InChI is InChI=1S/C20H17N3O2/c24-23(25)19-18(14-17-10-5-2-6-11-17)15-22-20(19)21-13-7-12-16-8-3-1-4-9-16/h1-6,8-11H,13-15H2,(H,21,22). The number of hydrogen-bond acceptors (Lipinski definition) is 4. The van der Waals surface area contributed by atoms with E-state index in [1.807, 2.05) is 60.7 Å². The van der Waals surface area contributed by atoms with Gasteiger partial charge in [-0.3, -0.25) is 15.1 Å². The molecular weight excluding hydrogens is 314 g/mol. The van der Waals surface area contributed by atoms with Gasteiger partial charge in [0.1, 0.15) is 0 Å². The molecule has 0 unspecified atom stereocenters. The van der Waals surface area contributed by atoms with Gasteiger partial charge >= 0.3 is 5.70 Å². The minimum Gasteiger partial charge on any atom is -0.354 e. The van der Waals surface area contributed by atoms with Crippen molar-refractivity contribution < 1.29 is 4.92 Å². The van der Waals surface area contributed by atoms with Gasteiger partial charge in [0.2, 0.25) is 5.84 Å². The first-order valence-electron chi connectivity index (χ1n) is 7.97. The Morgan fingerprint density at radius 1 is 1.08 bits per heavy atom. The van der Waals surface area contributed by atoms with Gasteiger partial charge < -0.3 is 5.32 Å². The van der Waals surface area contributed by atoms with Crippen LogP contribution in [-0.4, -0.2) is 23.8 Å². The van der Waals surface area contributed by atoms with Crippen LogP contribution >= 0.6 is 0 Å². The highest BCUT2D eigenvalue weighted by molar-refractivity contribution is 5.99. The molecular formula is C20H17N3O2. The SMILES string of the molecule is O=[N+]([O-])C1=C(Cc2ccccc2)CN=C1NCC#Cc1ccccc1. The van der Waals surface area contributed by atoms with Crippen molar-refractivity contribution in [2.45, 2.75) is 6.42 Å². The third-order valence-corrected chi connectivity index (χ3v) is 3.78. The zero-order valence-corrected chi connectivity index (χ0v) is 13.6. The molecule has 0 aromatic heterocycles. The van der Waals surface area contributed by atoms with Crippen LogP contribution in [0.25, 0.3) is 0 Å². The van der Waals surface area contributed by atoms with Gasteiger partial charge in [-0.1, -0.05) is 60.4 Å². The fourth-order valence-corrected chi connectivity index (χ4v) is 2.62. The molecule has 1 N–H and O–H groups in total. The molecule has 0 bridgehead atoms. The highest BCUT2D eigenvalue weighted by atomic mass is 16.6. The van der Waals surface area contributed by atoms with E-state index >= 15 is 0 Å². The predicted octanol–water partition coefficient (Wildman–Crippen LogP) is 2.81. The maximum atomic E-state index is 11.5. The van der Waals surface area contributed by atoms with Crippen molar-refractivity contribution in [2.75, 3.05) is 13.1 Å². The largest absolute Gasteiger partial charge is 0.354 e. The lowest BCUT2D eigenvalue weighted by molar-refractivity contribution is -0.416. The van der Waals surface area contributed by atoms with Crippen LogP contribution in [0.15, 0.2) is 76.9 Å². The van der Waals surface area contributed by atoms with Crippen LogP contribution in [0, 0.1) is 22.0 Å². The van der Waals surface area contributed by atoms with Crippen LogP contribution < -0.4 is 5.32 Å². The molecule has 0 fully saturated rings. The van der Waals surface area contributed by atoms with Crippen molar-refractivity contribution in [1.82, 2.24) is 5.32 Å². The number of amidine groups is 1. The van der Waals surface area contributed by atoms with Crippen molar-refractivity contribution in [2.24, 2.45) is 4.99 Å². The molecule has 0 spiro atoms. The Balaban J connectivity index is 1.67. The van der Waals surface area contributed by atoms with Crippen molar-refractivity contribution in [3.05, 3.63) is 93.2 Å². The summed E-state index contributed by atoms with van der Waals surface area (Å²) in [4.78, 5) is 15.4. The van der Waals surface area contributed by atoms with Gasteiger partial charge in [-0.2, -0.15) is 0 Å². The monoisotopic (exact) mass is 331 g/mol. The van der Waals surface area contributed by atoms with E-state index in [4.69, 9.17) is 0 Å². The lowest BCUT2D eigenvalue weighted by atomic mass is 10.0. The molecule has 5 heteroatoms. The van der Waals surface area contributed by atoms with E-state index in [1.165, 1.54) is 0 Å². The number of nitrogens with zero attached hydrogens (tertiary/aromatic N) is 2. The summed E-state index contributed by atoms with van der Waals surface area (Å²) in [5.41, 5.74) is 2.74. The molecule has 2 aromatic rings. The second kappa shape index (κ2) is 7.93. The van der Waals surface area contributed by atoms with Crippen molar-refractivity contribution in [3.8, 4) is 11.8 Å². The smallest absolute Gasteiger partial charge is 0.312 e. The summed E-state index contributed by atoms with van der Waals surface area (Å²) in [6, 6.07) is 19.3. The topological polar surface area (TPSA) is 67.5 Å². The third kappa shape index (κ3) is 4.33. The number of aliphatic imine (C=N–C) groups is 1. The van der Waals surface area contributed by atoms with Gasteiger partial charge in [0, 0.05) is 17.6 Å². The van der Waals surface area contributed by atoms with Crippen molar-refractivity contribution >= 4 is 5.84 Å². The molecule has 0 saturated carbocycles. The fourth-order valence-electron chi connectivity index (χ4n) is 2.62. The lowest BCUT2D eigenvalue weighted by Crippen LogP contribution is -2.27. The Kier molecular flexibility index (Phi) is 5.22. The van der Waals surface area contributed by atoms with Crippen LogP contribution in [0.3, 0.4) is 0 Å². The third-order valence-electron chi connectivity index (χ3n) is 3.78. The molecule has 1 heterocycles. The molecule has 0 aliphatic carbocycles. The minimum absolute atomic E-state index is 0.0744. The van der Waals surface area contributed by atoms with Gasteiger partial charge in [-0.15, -0.1) is 0 Å². The van der Waals surface area contributed by atoms with E-state index in [9.17, 15) is 10.1 Å². The molecule has 124 valence electrons. The Morgan fingerprint density at radius 2 is 1.76 bits per heavy atom. The van der Waals surface area contributed by atoms with Crippen LogP contribution in [0.5, 0.6) is 0 Å². The summed E-state index contributed by atoms with van der Waals surface area (Å²) in [7, 11) is 0. The molecule has 1 aliphatic heterocycles. The van der Waals surface area contributed by atoms with Gasteiger partial charge in [-0.05, 0) is 17.7 Å². The number of nitrogens with one attached hydrogen (secondary N) is 1. The maximum Gasteiger partial charge on any atom is 0.312 e. The van der Waals surface area contributed by atoms with Gasteiger partial charge in [0.15, 0.2) is 0 Å². The quantitative estimate of drug-likeness (QED) is 0.532. The molecule has 0 amide bonds. The van der Waals surface area contributed by atoms with Crippen LogP contribution in [0.1, 0.15) is 11.1 Å². The Hall–Kier alpha value is -3.39. The normalized spacial score (nSPS) is 13.0. The summed E-state index contributed by atoms with van der Waals surface area (Å²) in [5, 5.41) is 14.4. The van der Waals surface area contributed by atoms with Gasteiger partial charge in [0.05, 0.1) is 18.0 Å². The average Bonchev–Trinajstić information content (AvgIpc) is 3.03. The van der Waals surface area contributed by atoms with E-state index < -0.39 is 0 Å². The average molecular weight is 331 g/mol. The van der Waals surface area contributed by atoms with Gasteiger partial charge in [-0.25, -0.2) is 0 Å². The first kappa shape index (κ1) is 16.5. The summed E-state index contributed by atoms with van der Waals surface area (Å²) in [6.45, 7) is 0.656. The van der Waals surface area contributed by atoms with E-state index in [-0.39, 0.29) is 10.6 Å². The molecule has 2 aromatic carbocycles. The van der Waals surface area contributed by atoms with Crippen molar-refractivity contribution in [3.63, 3.8) is 0 Å². The predicted molar refractivity (Wildman–Crippen MR) is 97.8 cm³/mol. The summed E-state index contributed by atoms with van der Waals surface area (Å²) in [6.07, 6.45) is 0.529. The van der Waals surface area contributed by atoms with Crippen molar-refractivity contribution in [1.29, 1.82) is 0 Å². The molecule has 0 saturated heterocycles. The molecule has 5 nitrogen and oxygen atoms in total. The molecule has 0 radical (unpaired) electrons. The summed E-state index contributed by atoms with van der Waals surface area (Å²) in [5.74, 6) is 6.29. The highest BCUT2D eigenvalue weighted by Gasteiger charge is 2.29.